The number of fused-ring (bicyclic) bond motifs is 1. The smallest absolute Gasteiger partial charge is 0.335 e. The molecule has 0 atom stereocenters. The average Bonchev–Trinajstić information content (AvgIpc) is 2.17. The third-order valence-electron chi connectivity index (χ3n) is 2.01. The number of anilines is 1. The summed E-state index contributed by atoms with van der Waals surface area (Å²) in [5, 5.41) is 8.76. The van der Waals surface area contributed by atoms with Gasteiger partial charge in [-0.05, 0) is 30.2 Å². The van der Waals surface area contributed by atoms with Gasteiger partial charge in [0.05, 0.1) is 5.56 Å². The van der Waals surface area contributed by atoms with Gasteiger partial charge in [0.1, 0.15) is 0 Å². The standard InChI is InChI=1S/C9H9NO2S/c11-9(12)7-1-2-8-6(5-7)3-4-13-10-8/h1-2,5,10H,3-4H2,(H,11,12). The van der Waals surface area contributed by atoms with E-state index >= 15 is 0 Å². The lowest BCUT2D eigenvalue weighted by Gasteiger charge is -2.16. The minimum Gasteiger partial charge on any atom is -0.478 e. The van der Waals surface area contributed by atoms with E-state index < -0.39 is 5.97 Å². The maximum atomic E-state index is 10.7. The van der Waals surface area contributed by atoms with E-state index in [4.69, 9.17) is 5.11 Å². The molecular weight excluding hydrogens is 186 g/mol. The largest absolute Gasteiger partial charge is 0.478 e. The number of aryl methyl sites for hydroxylation is 1. The minimum absolute atomic E-state index is 0.368. The number of hydrogen-bond donors (Lipinski definition) is 2. The normalized spacial score (nSPS) is 14.5. The molecule has 0 aliphatic carbocycles. The highest BCUT2D eigenvalue weighted by atomic mass is 32.2. The Labute approximate surface area is 80.3 Å². The van der Waals surface area contributed by atoms with Gasteiger partial charge in [-0.15, -0.1) is 0 Å². The fourth-order valence-corrected chi connectivity index (χ4v) is 2.10. The zero-order valence-corrected chi connectivity index (χ0v) is 7.73. The molecule has 1 aromatic rings. The third-order valence-corrected chi connectivity index (χ3v) is 2.78. The summed E-state index contributed by atoms with van der Waals surface area (Å²) in [6.45, 7) is 0. The SMILES string of the molecule is O=C(O)c1ccc2c(c1)CCSN2. The van der Waals surface area contributed by atoms with Gasteiger partial charge in [0.2, 0.25) is 0 Å². The van der Waals surface area contributed by atoms with E-state index in [1.165, 1.54) is 0 Å². The van der Waals surface area contributed by atoms with Crippen molar-refractivity contribution in [2.24, 2.45) is 0 Å². The van der Waals surface area contributed by atoms with E-state index in [1.807, 2.05) is 6.07 Å². The Balaban J connectivity index is 2.40. The number of rotatable bonds is 1. The second-order valence-electron chi connectivity index (χ2n) is 2.88. The van der Waals surface area contributed by atoms with Crippen LogP contribution >= 0.6 is 11.9 Å². The van der Waals surface area contributed by atoms with Crippen molar-refractivity contribution < 1.29 is 9.90 Å². The van der Waals surface area contributed by atoms with Crippen LogP contribution in [0.3, 0.4) is 0 Å². The van der Waals surface area contributed by atoms with Gasteiger partial charge in [-0.1, -0.05) is 11.9 Å². The summed E-state index contributed by atoms with van der Waals surface area (Å²) in [4.78, 5) is 10.7. The first kappa shape index (κ1) is 8.44. The zero-order chi connectivity index (χ0) is 9.26. The summed E-state index contributed by atoms with van der Waals surface area (Å²) in [7, 11) is 0. The quantitative estimate of drug-likeness (QED) is 0.673. The topological polar surface area (TPSA) is 49.3 Å². The molecule has 4 heteroatoms. The van der Waals surface area contributed by atoms with Crippen molar-refractivity contribution in [1.29, 1.82) is 0 Å². The molecule has 2 rings (SSSR count). The van der Waals surface area contributed by atoms with Crippen molar-refractivity contribution in [2.45, 2.75) is 6.42 Å². The fourth-order valence-electron chi connectivity index (χ4n) is 1.32. The van der Waals surface area contributed by atoms with Crippen LogP contribution < -0.4 is 4.72 Å². The Morgan fingerprint density at radius 2 is 2.38 bits per heavy atom. The molecule has 0 radical (unpaired) electrons. The summed E-state index contributed by atoms with van der Waals surface area (Å²) in [5.41, 5.74) is 2.51. The van der Waals surface area contributed by atoms with E-state index in [0.29, 0.717) is 5.56 Å². The van der Waals surface area contributed by atoms with Gasteiger partial charge in [-0.3, -0.25) is 0 Å². The number of nitrogens with one attached hydrogen (secondary N) is 1. The van der Waals surface area contributed by atoms with Crippen molar-refractivity contribution >= 4 is 23.6 Å². The molecule has 0 amide bonds. The molecule has 1 aliphatic heterocycles. The predicted molar refractivity (Wildman–Crippen MR) is 53.2 cm³/mol. The van der Waals surface area contributed by atoms with Crippen molar-refractivity contribution in [3.05, 3.63) is 29.3 Å². The van der Waals surface area contributed by atoms with Gasteiger partial charge in [0, 0.05) is 11.4 Å². The Bertz CT molecular complexity index is 351. The average molecular weight is 195 g/mol. The summed E-state index contributed by atoms with van der Waals surface area (Å²) < 4.78 is 3.15. The van der Waals surface area contributed by atoms with E-state index in [0.717, 1.165) is 23.4 Å². The first-order valence-corrected chi connectivity index (χ1v) is 5.00. The van der Waals surface area contributed by atoms with Gasteiger partial charge in [-0.2, -0.15) is 0 Å². The number of benzene rings is 1. The Morgan fingerprint density at radius 1 is 1.54 bits per heavy atom. The number of carboxylic acid groups (broad SMARTS) is 1. The van der Waals surface area contributed by atoms with Crippen molar-refractivity contribution in [3.8, 4) is 0 Å². The highest BCUT2D eigenvalue weighted by Crippen LogP contribution is 2.26. The number of aromatic carboxylic acids is 1. The van der Waals surface area contributed by atoms with Crippen LogP contribution in [0.25, 0.3) is 0 Å². The van der Waals surface area contributed by atoms with Crippen LogP contribution in [0.2, 0.25) is 0 Å². The molecule has 13 heavy (non-hydrogen) atoms. The van der Waals surface area contributed by atoms with Crippen LogP contribution in [-0.4, -0.2) is 16.8 Å². The second-order valence-corrected chi connectivity index (χ2v) is 3.78. The van der Waals surface area contributed by atoms with E-state index in [1.54, 1.807) is 24.1 Å². The second kappa shape index (κ2) is 3.30. The Morgan fingerprint density at radius 3 is 3.15 bits per heavy atom. The minimum atomic E-state index is -0.860. The van der Waals surface area contributed by atoms with Crippen molar-refractivity contribution in [3.63, 3.8) is 0 Å². The number of hydrogen-bond acceptors (Lipinski definition) is 3. The van der Waals surface area contributed by atoms with Gasteiger partial charge in [0.25, 0.3) is 0 Å². The van der Waals surface area contributed by atoms with E-state index in [-0.39, 0.29) is 0 Å². The van der Waals surface area contributed by atoms with Crippen LogP contribution in [-0.2, 0) is 6.42 Å². The molecule has 0 saturated carbocycles. The molecule has 3 nitrogen and oxygen atoms in total. The molecule has 0 bridgehead atoms. The Hall–Kier alpha value is -1.16. The highest BCUT2D eigenvalue weighted by Gasteiger charge is 2.11. The van der Waals surface area contributed by atoms with Crippen LogP contribution in [0.5, 0.6) is 0 Å². The monoisotopic (exact) mass is 195 g/mol. The summed E-state index contributed by atoms with van der Waals surface area (Å²) >= 11 is 1.65. The first-order chi connectivity index (χ1) is 6.27. The predicted octanol–water partition coefficient (Wildman–Crippen LogP) is 2.00. The number of carbonyl (C=O) groups is 1. The van der Waals surface area contributed by atoms with Crippen LogP contribution in [0.1, 0.15) is 15.9 Å². The Kier molecular flexibility index (Phi) is 2.14. The van der Waals surface area contributed by atoms with Crippen LogP contribution in [0.15, 0.2) is 18.2 Å². The molecule has 0 unspecified atom stereocenters. The van der Waals surface area contributed by atoms with Crippen molar-refractivity contribution in [1.82, 2.24) is 0 Å². The lowest BCUT2D eigenvalue weighted by molar-refractivity contribution is 0.0697. The fraction of sp³-hybridized carbons (Fsp3) is 0.222. The van der Waals surface area contributed by atoms with Crippen LogP contribution in [0, 0.1) is 0 Å². The third kappa shape index (κ3) is 1.62. The molecule has 68 valence electrons. The van der Waals surface area contributed by atoms with Crippen LogP contribution in [0.4, 0.5) is 5.69 Å². The molecule has 1 aliphatic rings. The van der Waals surface area contributed by atoms with Gasteiger partial charge in [-0.25, -0.2) is 4.79 Å². The van der Waals surface area contributed by atoms with E-state index in [9.17, 15) is 4.79 Å². The van der Waals surface area contributed by atoms with E-state index in [2.05, 4.69) is 4.72 Å². The molecule has 0 fully saturated rings. The zero-order valence-electron chi connectivity index (χ0n) is 6.91. The molecular formula is C9H9NO2S. The van der Waals surface area contributed by atoms with Gasteiger partial charge < -0.3 is 9.83 Å². The van der Waals surface area contributed by atoms with Crippen molar-refractivity contribution in [2.75, 3.05) is 10.5 Å². The van der Waals surface area contributed by atoms with Gasteiger partial charge >= 0.3 is 5.97 Å². The molecule has 1 heterocycles. The molecule has 0 spiro atoms. The molecule has 0 aromatic heterocycles. The highest BCUT2D eigenvalue weighted by molar-refractivity contribution is 8.00. The lowest BCUT2D eigenvalue weighted by atomic mass is 10.1. The first-order valence-electron chi connectivity index (χ1n) is 4.01. The summed E-state index contributed by atoms with van der Waals surface area (Å²) in [6.07, 6.45) is 0.939. The molecule has 1 aromatic carbocycles. The maximum absolute atomic E-state index is 10.7. The lowest BCUT2D eigenvalue weighted by Crippen LogP contribution is -2.06. The molecule has 0 saturated heterocycles. The maximum Gasteiger partial charge on any atom is 0.335 e. The summed E-state index contributed by atoms with van der Waals surface area (Å²) in [5.74, 6) is 0.136. The molecule has 2 N–H and O–H groups in total. The summed E-state index contributed by atoms with van der Waals surface area (Å²) in [6, 6.07) is 5.19. The van der Waals surface area contributed by atoms with Gasteiger partial charge in [0.15, 0.2) is 0 Å². The number of carboxylic acids is 1.